The van der Waals surface area contributed by atoms with Crippen LogP contribution < -0.4 is 0 Å². The summed E-state index contributed by atoms with van der Waals surface area (Å²) in [5.41, 5.74) is 0.679. The van der Waals surface area contributed by atoms with Crippen LogP contribution in [0.25, 0.3) is 0 Å². The number of hydrogen-bond donors (Lipinski definition) is 0. The van der Waals surface area contributed by atoms with Gasteiger partial charge in [-0.25, -0.2) is 4.79 Å². The Bertz CT molecular complexity index is 317. The van der Waals surface area contributed by atoms with E-state index in [9.17, 15) is 4.79 Å². The monoisotopic (exact) mass is 207 g/mol. The number of terminal acetylenes is 1. The van der Waals surface area contributed by atoms with E-state index in [4.69, 9.17) is 11.2 Å². The number of allylic oxidation sites excluding steroid dienone is 1. The van der Waals surface area contributed by atoms with E-state index >= 15 is 0 Å². The summed E-state index contributed by atoms with van der Waals surface area (Å²) in [6.45, 7) is 6.87. The molecule has 3 heteroatoms. The van der Waals surface area contributed by atoms with E-state index < -0.39 is 5.60 Å². The van der Waals surface area contributed by atoms with Crippen molar-refractivity contribution in [3.8, 4) is 12.3 Å². The van der Waals surface area contributed by atoms with Crippen molar-refractivity contribution in [1.82, 2.24) is 4.90 Å². The number of ether oxygens (including phenoxy) is 1. The fourth-order valence-corrected chi connectivity index (χ4v) is 1.40. The molecular weight excluding hydrogens is 190 g/mol. The second kappa shape index (κ2) is 4.39. The fraction of sp³-hybridized carbons (Fsp3) is 0.583. The Kier molecular flexibility index (Phi) is 3.41. The molecule has 82 valence electrons. The summed E-state index contributed by atoms with van der Waals surface area (Å²) in [5, 5.41) is 0. The van der Waals surface area contributed by atoms with Crippen LogP contribution in [0.2, 0.25) is 0 Å². The van der Waals surface area contributed by atoms with Crippen molar-refractivity contribution in [3.63, 3.8) is 0 Å². The highest BCUT2D eigenvalue weighted by molar-refractivity contribution is 5.69. The highest BCUT2D eigenvalue weighted by Gasteiger charge is 2.26. The molecule has 0 aromatic heterocycles. The van der Waals surface area contributed by atoms with Gasteiger partial charge in [-0.2, -0.15) is 0 Å². The molecule has 0 radical (unpaired) electrons. The van der Waals surface area contributed by atoms with E-state index in [0.717, 1.165) is 12.0 Å². The third-order valence-electron chi connectivity index (χ3n) is 2.04. The maximum Gasteiger partial charge on any atom is 0.410 e. The van der Waals surface area contributed by atoms with Crippen LogP contribution in [0.3, 0.4) is 0 Å². The standard InChI is InChI=1S/C12H17NO2/c1-5-6-10-7-8-13(9-10)11(14)15-12(2,3)4/h1,6H,7-9H2,2-4H3. The lowest BCUT2D eigenvalue weighted by molar-refractivity contribution is 0.0299. The highest BCUT2D eigenvalue weighted by atomic mass is 16.6. The molecule has 0 atom stereocenters. The molecule has 1 heterocycles. The molecule has 1 aliphatic heterocycles. The number of likely N-dealkylation sites (tertiary alicyclic amines) is 1. The van der Waals surface area contributed by atoms with Crippen molar-refractivity contribution in [2.75, 3.05) is 13.1 Å². The van der Waals surface area contributed by atoms with E-state index in [1.165, 1.54) is 0 Å². The summed E-state index contributed by atoms with van der Waals surface area (Å²) < 4.78 is 5.26. The molecule has 0 spiro atoms. The molecule has 1 aliphatic rings. The van der Waals surface area contributed by atoms with Crippen LogP contribution in [0.15, 0.2) is 11.6 Å². The maximum absolute atomic E-state index is 11.6. The minimum Gasteiger partial charge on any atom is -0.444 e. The second-order valence-corrected chi connectivity index (χ2v) is 4.62. The van der Waals surface area contributed by atoms with E-state index in [0.29, 0.717) is 13.1 Å². The Morgan fingerprint density at radius 2 is 2.27 bits per heavy atom. The van der Waals surface area contributed by atoms with Crippen molar-refractivity contribution in [1.29, 1.82) is 0 Å². The molecule has 0 unspecified atom stereocenters. The normalized spacial score (nSPS) is 19.1. The molecule has 1 fully saturated rings. The zero-order chi connectivity index (χ0) is 11.5. The van der Waals surface area contributed by atoms with Gasteiger partial charge in [-0.3, -0.25) is 0 Å². The molecule has 0 saturated carbocycles. The van der Waals surface area contributed by atoms with E-state index in [1.54, 1.807) is 11.0 Å². The predicted molar refractivity (Wildman–Crippen MR) is 59.3 cm³/mol. The smallest absolute Gasteiger partial charge is 0.410 e. The lowest BCUT2D eigenvalue weighted by Gasteiger charge is -2.23. The number of carbonyl (C=O) groups is 1. The first-order chi connectivity index (χ1) is 6.92. The summed E-state index contributed by atoms with van der Waals surface area (Å²) in [5.74, 6) is 2.48. The van der Waals surface area contributed by atoms with Crippen LogP contribution in [-0.2, 0) is 4.74 Å². The highest BCUT2D eigenvalue weighted by Crippen LogP contribution is 2.18. The van der Waals surface area contributed by atoms with Gasteiger partial charge in [-0.15, -0.1) is 6.42 Å². The van der Waals surface area contributed by atoms with Crippen molar-refractivity contribution >= 4 is 6.09 Å². The molecule has 0 aliphatic carbocycles. The first-order valence-corrected chi connectivity index (χ1v) is 5.04. The Morgan fingerprint density at radius 1 is 1.60 bits per heavy atom. The average molecular weight is 207 g/mol. The second-order valence-electron chi connectivity index (χ2n) is 4.62. The van der Waals surface area contributed by atoms with E-state index in [-0.39, 0.29) is 6.09 Å². The van der Waals surface area contributed by atoms with Gasteiger partial charge in [0.2, 0.25) is 0 Å². The Labute approximate surface area is 91.1 Å². The van der Waals surface area contributed by atoms with Gasteiger partial charge in [-0.1, -0.05) is 5.92 Å². The summed E-state index contributed by atoms with van der Waals surface area (Å²) in [6, 6.07) is 0. The predicted octanol–water partition coefficient (Wildman–Crippen LogP) is 2.19. The SMILES string of the molecule is C#CC=C1CCN(C(=O)OC(C)(C)C)C1. The topological polar surface area (TPSA) is 29.5 Å². The third kappa shape index (κ3) is 3.67. The minimum absolute atomic E-state index is 0.261. The molecular formula is C12H17NO2. The van der Waals surface area contributed by atoms with Crippen LogP contribution in [-0.4, -0.2) is 29.7 Å². The van der Waals surface area contributed by atoms with Crippen LogP contribution in [0, 0.1) is 12.3 Å². The van der Waals surface area contributed by atoms with E-state index in [1.807, 2.05) is 20.8 Å². The summed E-state index contributed by atoms with van der Waals surface area (Å²) in [7, 11) is 0. The first-order valence-electron chi connectivity index (χ1n) is 5.04. The van der Waals surface area contributed by atoms with Crippen molar-refractivity contribution in [2.24, 2.45) is 0 Å². The maximum atomic E-state index is 11.6. The van der Waals surface area contributed by atoms with Crippen LogP contribution in [0.5, 0.6) is 0 Å². The van der Waals surface area contributed by atoms with Gasteiger partial charge >= 0.3 is 6.09 Å². The van der Waals surface area contributed by atoms with Crippen LogP contribution >= 0.6 is 0 Å². The van der Waals surface area contributed by atoms with Gasteiger partial charge in [0.1, 0.15) is 5.60 Å². The average Bonchev–Trinajstić information content (AvgIpc) is 2.50. The Hall–Kier alpha value is -1.43. The summed E-state index contributed by atoms with van der Waals surface area (Å²) >= 11 is 0. The molecule has 0 N–H and O–H groups in total. The zero-order valence-corrected chi connectivity index (χ0v) is 9.54. The summed E-state index contributed by atoms with van der Waals surface area (Å²) in [4.78, 5) is 13.3. The number of rotatable bonds is 0. The summed E-state index contributed by atoms with van der Waals surface area (Å²) in [6.07, 6.45) is 7.49. The fourth-order valence-electron chi connectivity index (χ4n) is 1.40. The van der Waals surface area contributed by atoms with Crippen molar-refractivity contribution in [2.45, 2.75) is 32.8 Å². The number of hydrogen-bond acceptors (Lipinski definition) is 2. The zero-order valence-electron chi connectivity index (χ0n) is 9.54. The lowest BCUT2D eigenvalue weighted by Crippen LogP contribution is -2.34. The quantitative estimate of drug-likeness (QED) is 0.570. The van der Waals surface area contributed by atoms with Gasteiger partial charge in [-0.05, 0) is 38.8 Å². The molecule has 1 saturated heterocycles. The number of amides is 1. The molecule has 0 aromatic rings. The molecule has 0 aromatic carbocycles. The lowest BCUT2D eigenvalue weighted by atomic mass is 10.2. The van der Waals surface area contributed by atoms with Gasteiger partial charge in [0, 0.05) is 13.1 Å². The number of nitrogens with zero attached hydrogens (tertiary/aromatic N) is 1. The molecule has 0 bridgehead atoms. The van der Waals surface area contributed by atoms with Gasteiger partial charge in [0.15, 0.2) is 0 Å². The van der Waals surface area contributed by atoms with E-state index in [2.05, 4.69) is 5.92 Å². The number of carbonyl (C=O) groups excluding carboxylic acids is 1. The third-order valence-corrected chi connectivity index (χ3v) is 2.04. The first kappa shape index (κ1) is 11.6. The largest absolute Gasteiger partial charge is 0.444 e. The van der Waals surface area contributed by atoms with Crippen LogP contribution in [0.1, 0.15) is 27.2 Å². The Morgan fingerprint density at radius 3 is 2.80 bits per heavy atom. The molecule has 1 rings (SSSR count). The van der Waals surface area contributed by atoms with Crippen molar-refractivity contribution in [3.05, 3.63) is 11.6 Å². The Balaban J connectivity index is 2.52. The minimum atomic E-state index is -0.435. The van der Waals surface area contributed by atoms with Gasteiger partial charge in [0.25, 0.3) is 0 Å². The van der Waals surface area contributed by atoms with Gasteiger partial charge < -0.3 is 9.64 Å². The van der Waals surface area contributed by atoms with Crippen molar-refractivity contribution < 1.29 is 9.53 Å². The molecule has 3 nitrogen and oxygen atoms in total. The van der Waals surface area contributed by atoms with Gasteiger partial charge in [0.05, 0.1) is 0 Å². The molecule has 15 heavy (non-hydrogen) atoms. The van der Waals surface area contributed by atoms with Crippen LogP contribution in [0.4, 0.5) is 4.79 Å². The molecule has 1 amide bonds.